The Kier molecular flexibility index (Phi) is 4.83. The molecule has 0 amide bonds. The van der Waals surface area contributed by atoms with E-state index in [9.17, 15) is 12.8 Å². The molecule has 1 aliphatic rings. The summed E-state index contributed by atoms with van der Waals surface area (Å²) in [5.41, 5.74) is 0.201. The van der Waals surface area contributed by atoms with Crippen LogP contribution in [0.1, 0.15) is 0 Å². The number of hydrogen-bond donors (Lipinski definition) is 1. The van der Waals surface area contributed by atoms with Gasteiger partial charge in [0.2, 0.25) is 5.95 Å². The summed E-state index contributed by atoms with van der Waals surface area (Å²) in [6, 6.07) is 3.17. The van der Waals surface area contributed by atoms with Crippen LogP contribution in [0.3, 0.4) is 0 Å². The Balaban J connectivity index is 1.76. The molecule has 2 heterocycles. The molecule has 0 atom stereocenters. The highest BCUT2D eigenvalue weighted by atomic mass is 35.5. The predicted molar refractivity (Wildman–Crippen MR) is 87.3 cm³/mol. The molecule has 0 bridgehead atoms. The second-order valence-corrected chi connectivity index (χ2v) is 7.14. The van der Waals surface area contributed by atoms with Gasteiger partial charge in [0.15, 0.2) is 0 Å². The SMILES string of the molecule is O=S(=O)(Nc1cnc(N2CCOCC2)nc1)c1ccc(F)c(Cl)c1. The Hall–Kier alpha value is -1.97. The van der Waals surface area contributed by atoms with Crippen molar-refractivity contribution in [2.45, 2.75) is 4.90 Å². The molecular formula is C14H14ClFN4O3S. The van der Waals surface area contributed by atoms with Crippen LogP contribution in [0.2, 0.25) is 5.02 Å². The van der Waals surface area contributed by atoms with E-state index in [1.807, 2.05) is 4.90 Å². The topological polar surface area (TPSA) is 84.4 Å². The molecule has 3 rings (SSSR count). The Morgan fingerprint density at radius 1 is 1.21 bits per heavy atom. The molecule has 0 spiro atoms. The molecule has 1 aromatic carbocycles. The Morgan fingerprint density at radius 2 is 1.88 bits per heavy atom. The van der Waals surface area contributed by atoms with Crippen LogP contribution in [0.15, 0.2) is 35.5 Å². The van der Waals surface area contributed by atoms with E-state index in [2.05, 4.69) is 14.7 Å². The van der Waals surface area contributed by atoms with E-state index >= 15 is 0 Å². The Bertz CT molecular complexity index is 826. The second kappa shape index (κ2) is 6.88. The molecule has 0 saturated carbocycles. The maximum absolute atomic E-state index is 13.2. The number of ether oxygens (including phenoxy) is 1. The molecule has 7 nitrogen and oxygen atoms in total. The Labute approximate surface area is 143 Å². The summed E-state index contributed by atoms with van der Waals surface area (Å²) < 4.78 is 45.3. The van der Waals surface area contributed by atoms with Gasteiger partial charge in [-0.05, 0) is 18.2 Å². The average Bonchev–Trinajstić information content (AvgIpc) is 2.58. The van der Waals surface area contributed by atoms with E-state index in [4.69, 9.17) is 16.3 Å². The molecule has 1 fully saturated rings. The number of sulfonamides is 1. The molecule has 128 valence electrons. The lowest BCUT2D eigenvalue weighted by atomic mass is 10.3. The molecule has 0 unspecified atom stereocenters. The summed E-state index contributed by atoms with van der Waals surface area (Å²) in [5, 5.41) is -0.267. The first-order valence-corrected chi connectivity index (χ1v) is 8.94. The van der Waals surface area contributed by atoms with Gasteiger partial charge < -0.3 is 9.64 Å². The second-order valence-electron chi connectivity index (χ2n) is 5.05. The van der Waals surface area contributed by atoms with E-state index in [0.29, 0.717) is 32.3 Å². The third kappa shape index (κ3) is 3.74. The minimum absolute atomic E-state index is 0.147. The summed E-state index contributed by atoms with van der Waals surface area (Å²) in [6.45, 7) is 2.56. The van der Waals surface area contributed by atoms with E-state index in [1.54, 1.807) is 0 Å². The van der Waals surface area contributed by atoms with Gasteiger partial charge in [0.05, 0.1) is 41.2 Å². The maximum atomic E-state index is 13.2. The van der Waals surface area contributed by atoms with Crippen molar-refractivity contribution < 1.29 is 17.5 Å². The third-order valence-corrected chi connectivity index (χ3v) is 5.05. The molecule has 2 aromatic rings. The Morgan fingerprint density at radius 3 is 2.50 bits per heavy atom. The lowest BCUT2D eigenvalue weighted by molar-refractivity contribution is 0.122. The van der Waals surface area contributed by atoms with Crippen LogP contribution in [0.4, 0.5) is 16.0 Å². The molecule has 0 aliphatic carbocycles. The van der Waals surface area contributed by atoms with Crippen LogP contribution in [-0.4, -0.2) is 44.7 Å². The van der Waals surface area contributed by atoms with Crippen LogP contribution in [0.5, 0.6) is 0 Å². The van der Waals surface area contributed by atoms with E-state index in [-0.39, 0.29) is 15.6 Å². The number of hydrogen-bond acceptors (Lipinski definition) is 6. The van der Waals surface area contributed by atoms with Gasteiger partial charge in [-0.1, -0.05) is 11.6 Å². The number of nitrogens with one attached hydrogen (secondary N) is 1. The first-order chi connectivity index (χ1) is 11.5. The van der Waals surface area contributed by atoms with Crippen molar-refractivity contribution in [2.24, 2.45) is 0 Å². The highest BCUT2D eigenvalue weighted by molar-refractivity contribution is 7.92. The van der Waals surface area contributed by atoms with Crippen molar-refractivity contribution in [3.8, 4) is 0 Å². The first-order valence-electron chi connectivity index (χ1n) is 7.08. The summed E-state index contributed by atoms with van der Waals surface area (Å²) in [4.78, 5) is 10.1. The van der Waals surface area contributed by atoms with Crippen LogP contribution < -0.4 is 9.62 Å². The standard InChI is InChI=1S/C14H14ClFN4O3S/c15-12-7-11(1-2-13(12)16)24(21,22)19-10-8-17-14(18-9-10)20-3-5-23-6-4-20/h1-2,7-9,19H,3-6H2. The molecule has 10 heteroatoms. The van der Waals surface area contributed by atoms with Crippen LogP contribution >= 0.6 is 11.6 Å². The van der Waals surface area contributed by atoms with E-state index < -0.39 is 15.8 Å². The van der Waals surface area contributed by atoms with Gasteiger partial charge in [-0.2, -0.15) is 0 Å². The summed E-state index contributed by atoms with van der Waals surface area (Å²) in [7, 11) is -3.91. The zero-order valence-corrected chi connectivity index (χ0v) is 14.0. The molecule has 1 aromatic heterocycles. The fraction of sp³-hybridized carbons (Fsp3) is 0.286. The fourth-order valence-electron chi connectivity index (χ4n) is 2.16. The monoisotopic (exact) mass is 372 g/mol. The molecule has 1 saturated heterocycles. The maximum Gasteiger partial charge on any atom is 0.262 e. The fourth-order valence-corrected chi connectivity index (χ4v) is 3.46. The summed E-state index contributed by atoms with van der Waals surface area (Å²) >= 11 is 5.62. The lowest BCUT2D eigenvalue weighted by Gasteiger charge is -2.26. The number of rotatable bonds is 4. The predicted octanol–water partition coefficient (Wildman–Crippen LogP) is 1.91. The number of anilines is 2. The first kappa shape index (κ1) is 16.9. The van der Waals surface area contributed by atoms with Crippen LogP contribution in [0, 0.1) is 5.82 Å². The van der Waals surface area contributed by atoms with Gasteiger partial charge in [0, 0.05) is 13.1 Å². The molecule has 1 aliphatic heterocycles. The largest absolute Gasteiger partial charge is 0.378 e. The smallest absolute Gasteiger partial charge is 0.262 e. The minimum atomic E-state index is -3.91. The summed E-state index contributed by atoms with van der Waals surface area (Å²) in [5.74, 6) is -0.181. The number of nitrogens with zero attached hydrogens (tertiary/aromatic N) is 3. The quantitative estimate of drug-likeness (QED) is 0.882. The zero-order valence-electron chi connectivity index (χ0n) is 12.4. The van der Waals surface area contributed by atoms with Gasteiger partial charge in [0.25, 0.3) is 10.0 Å². The van der Waals surface area contributed by atoms with Crippen molar-refractivity contribution in [2.75, 3.05) is 35.9 Å². The van der Waals surface area contributed by atoms with Crippen molar-refractivity contribution in [3.05, 3.63) is 41.4 Å². The van der Waals surface area contributed by atoms with Crippen molar-refractivity contribution in [3.63, 3.8) is 0 Å². The van der Waals surface area contributed by atoms with E-state index in [0.717, 1.165) is 18.2 Å². The van der Waals surface area contributed by atoms with Crippen molar-refractivity contribution in [1.29, 1.82) is 0 Å². The van der Waals surface area contributed by atoms with Crippen molar-refractivity contribution in [1.82, 2.24) is 9.97 Å². The zero-order chi connectivity index (χ0) is 17.2. The van der Waals surface area contributed by atoms with Gasteiger partial charge in [-0.25, -0.2) is 22.8 Å². The molecule has 24 heavy (non-hydrogen) atoms. The van der Waals surface area contributed by atoms with Crippen molar-refractivity contribution >= 4 is 33.3 Å². The molecular weight excluding hydrogens is 359 g/mol. The van der Waals surface area contributed by atoms with E-state index in [1.165, 1.54) is 12.4 Å². The van der Waals surface area contributed by atoms with Crippen LogP contribution in [0.25, 0.3) is 0 Å². The number of morpholine rings is 1. The normalized spacial score (nSPS) is 15.3. The molecule has 1 N–H and O–H groups in total. The van der Waals surface area contributed by atoms with Gasteiger partial charge in [-0.15, -0.1) is 0 Å². The highest BCUT2D eigenvalue weighted by Gasteiger charge is 2.18. The van der Waals surface area contributed by atoms with Crippen LogP contribution in [-0.2, 0) is 14.8 Å². The van der Waals surface area contributed by atoms with Gasteiger partial charge in [-0.3, -0.25) is 4.72 Å². The third-order valence-electron chi connectivity index (χ3n) is 3.39. The summed E-state index contributed by atoms with van der Waals surface area (Å²) in [6.07, 6.45) is 2.75. The highest BCUT2D eigenvalue weighted by Crippen LogP contribution is 2.21. The van der Waals surface area contributed by atoms with Gasteiger partial charge in [0.1, 0.15) is 5.82 Å². The number of halogens is 2. The molecule has 0 radical (unpaired) electrons. The number of benzene rings is 1. The number of aromatic nitrogens is 2. The van der Waals surface area contributed by atoms with Gasteiger partial charge >= 0.3 is 0 Å². The minimum Gasteiger partial charge on any atom is -0.378 e. The average molecular weight is 373 g/mol. The lowest BCUT2D eigenvalue weighted by Crippen LogP contribution is -2.37.